The van der Waals surface area contributed by atoms with Crippen LogP contribution < -0.4 is 10.6 Å². The zero-order valence-electron chi connectivity index (χ0n) is 11.8. The quantitative estimate of drug-likeness (QED) is 0.815. The predicted molar refractivity (Wildman–Crippen MR) is 73.8 cm³/mol. The van der Waals surface area contributed by atoms with E-state index in [1.165, 1.54) is 25.3 Å². The van der Waals surface area contributed by atoms with Crippen LogP contribution in [0.15, 0.2) is 24.3 Å². The Balaban J connectivity index is 2.64. The highest BCUT2D eigenvalue weighted by Crippen LogP contribution is 2.10. The van der Waals surface area contributed by atoms with Gasteiger partial charge in [0.1, 0.15) is 11.9 Å². The first-order chi connectivity index (χ1) is 9.42. The van der Waals surface area contributed by atoms with Crippen LogP contribution in [-0.2, 0) is 9.53 Å². The molecule has 2 amide bonds. The number of carbonyl (C=O) groups is 2. The molecular weight excluding hydrogens is 263 g/mol. The van der Waals surface area contributed by atoms with Crippen molar-refractivity contribution in [1.82, 2.24) is 5.32 Å². The lowest BCUT2D eigenvalue weighted by Gasteiger charge is -2.18. The summed E-state index contributed by atoms with van der Waals surface area (Å²) < 4.78 is 17.6. The molecule has 1 unspecified atom stereocenters. The second kappa shape index (κ2) is 7.47. The third kappa shape index (κ3) is 5.26. The Bertz CT molecular complexity index is 477. The van der Waals surface area contributed by atoms with Crippen molar-refractivity contribution in [1.29, 1.82) is 0 Å². The smallest absolute Gasteiger partial charge is 0.328 e. The van der Waals surface area contributed by atoms with Crippen molar-refractivity contribution in [2.24, 2.45) is 5.92 Å². The molecule has 0 saturated heterocycles. The molecule has 0 aliphatic carbocycles. The van der Waals surface area contributed by atoms with Gasteiger partial charge in [0.15, 0.2) is 0 Å². The maximum Gasteiger partial charge on any atom is 0.328 e. The first kappa shape index (κ1) is 15.9. The average Bonchev–Trinajstić information content (AvgIpc) is 2.36. The molecule has 0 fully saturated rings. The van der Waals surface area contributed by atoms with Crippen LogP contribution in [-0.4, -0.2) is 25.2 Å². The lowest BCUT2D eigenvalue weighted by molar-refractivity contribution is -0.143. The van der Waals surface area contributed by atoms with Crippen LogP contribution in [0.5, 0.6) is 0 Å². The first-order valence-corrected chi connectivity index (χ1v) is 6.33. The monoisotopic (exact) mass is 282 g/mol. The number of halogens is 1. The van der Waals surface area contributed by atoms with Gasteiger partial charge >= 0.3 is 12.0 Å². The lowest BCUT2D eigenvalue weighted by atomic mass is 10.0. The fourth-order valence-electron chi connectivity index (χ4n) is 1.72. The largest absolute Gasteiger partial charge is 0.467 e. The molecule has 1 atom stereocenters. The third-order valence-corrected chi connectivity index (χ3v) is 2.58. The molecule has 0 aliphatic heterocycles. The van der Waals surface area contributed by atoms with Gasteiger partial charge in [0, 0.05) is 5.69 Å². The summed E-state index contributed by atoms with van der Waals surface area (Å²) >= 11 is 0. The Hall–Kier alpha value is -2.11. The highest BCUT2D eigenvalue weighted by atomic mass is 19.1. The molecule has 0 spiro atoms. The summed E-state index contributed by atoms with van der Waals surface area (Å²) in [4.78, 5) is 23.3. The van der Waals surface area contributed by atoms with Gasteiger partial charge in [-0.15, -0.1) is 0 Å². The van der Waals surface area contributed by atoms with Crippen LogP contribution in [0.1, 0.15) is 20.3 Å². The Morgan fingerprint density at radius 3 is 2.60 bits per heavy atom. The second-order valence-corrected chi connectivity index (χ2v) is 4.81. The molecule has 2 N–H and O–H groups in total. The summed E-state index contributed by atoms with van der Waals surface area (Å²) in [6, 6.07) is 4.20. The second-order valence-electron chi connectivity index (χ2n) is 4.81. The Kier molecular flexibility index (Phi) is 5.96. The van der Waals surface area contributed by atoms with E-state index >= 15 is 0 Å². The zero-order chi connectivity index (χ0) is 15.1. The van der Waals surface area contributed by atoms with Gasteiger partial charge in [-0.2, -0.15) is 0 Å². The van der Waals surface area contributed by atoms with Crippen molar-refractivity contribution in [2.75, 3.05) is 12.4 Å². The van der Waals surface area contributed by atoms with Gasteiger partial charge in [-0.1, -0.05) is 19.9 Å². The Labute approximate surface area is 117 Å². The van der Waals surface area contributed by atoms with Gasteiger partial charge in [0.2, 0.25) is 0 Å². The Morgan fingerprint density at radius 1 is 1.35 bits per heavy atom. The molecule has 0 saturated carbocycles. The molecule has 110 valence electrons. The van der Waals surface area contributed by atoms with Gasteiger partial charge in [0.25, 0.3) is 0 Å². The van der Waals surface area contributed by atoms with E-state index in [1.807, 2.05) is 13.8 Å². The van der Waals surface area contributed by atoms with Gasteiger partial charge in [0.05, 0.1) is 7.11 Å². The van der Waals surface area contributed by atoms with Crippen LogP contribution in [0.4, 0.5) is 14.9 Å². The standard InChI is InChI=1S/C14H19FN2O3/c1-9(2)7-12(13(18)20-3)17-14(19)16-11-6-4-5-10(15)8-11/h4-6,8-9,12H,7H2,1-3H3,(H2,16,17,19). The van der Waals surface area contributed by atoms with Crippen LogP contribution >= 0.6 is 0 Å². The Morgan fingerprint density at radius 2 is 2.05 bits per heavy atom. The number of hydrogen-bond acceptors (Lipinski definition) is 3. The van der Waals surface area contributed by atoms with Crippen molar-refractivity contribution >= 4 is 17.7 Å². The van der Waals surface area contributed by atoms with E-state index in [-0.39, 0.29) is 5.92 Å². The van der Waals surface area contributed by atoms with E-state index in [2.05, 4.69) is 15.4 Å². The van der Waals surface area contributed by atoms with E-state index in [4.69, 9.17) is 0 Å². The molecule has 5 nitrogen and oxygen atoms in total. The summed E-state index contributed by atoms with van der Waals surface area (Å²) in [7, 11) is 1.27. The van der Waals surface area contributed by atoms with Crippen molar-refractivity contribution in [2.45, 2.75) is 26.3 Å². The van der Waals surface area contributed by atoms with Crippen molar-refractivity contribution in [3.05, 3.63) is 30.1 Å². The maximum absolute atomic E-state index is 13.0. The minimum Gasteiger partial charge on any atom is -0.467 e. The minimum atomic E-state index is -0.728. The molecule has 0 heterocycles. The number of methoxy groups -OCH3 is 1. The number of nitrogens with one attached hydrogen (secondary N) is 2. The SMILES string of the molecule is COC(=O)C(CC(C)C)NC(=O)Nc1cccc(F)c1. The highest BCUT2D eigenvalue weighted by molar-refractivity contribution is 5.92. The summed E-state index contributed by atoms with van der Waals surface area (Å²) in [6.45, 7) is 3.87. The van der Waals surface area contributed by atoms with Gasteiger partial charge in [-0.3, -0.25) is 0 Å². The molecule has 0 aromatic heterocycles. The molecule has 1 aromatic carbocycles. The van der Waals surface area contributed by atoms with E-state index in [0.717, 1.165) is 0 Å². The van der Waals surface area contributed by atoms with Gasteiger partial charge < -0.3 is 15.4 Å². The predicted octanol–water partition coefficient (Wildman–Crippen LogP) is 2.53. The van der Waals surface area contributed by atoms with Crippen LogP contribution in [0.2, 0.25) is 0 Å². The molecule has 0 radical (unpaired) electrons. The third-order valence-electron chi connectivity index (χ3n) is 2.58. The molecule has 0 bridgehead atoms. The van der Waals surface area contributed by atoms with Crippen molar-refractivity contribution in [3.8, 4) is 0 Å². The summed E-state index contributed by atoms with van der Waals surface area (Å²) in [5.74, 6) is -0.740. The number of hydrogen-bond donors (Lipinski definition) is 2. The van der Waals surface area contributed by atoms with E-state index in [9.17, 15) is 14.0 Å². The molecule has 0 aliphatic rings. The van der Waals surface area contributed by atoms with Crippen molar-refractivity contribution in [3.63, 3.8) is 0 Å². The average molecular weight is 282 g/mol. The summed E-state index contributed by atoms with van der Waals surface area (Å²) in [5, 5.41) is 4.99. The van der Waals surface area contributed by atoms with E-state index in [1.54, 1.807) is 6.07 Å². The lowest BCUT2D eigenvalue weighted by Crippen LogP contribution is -2.44. The van der Waals surface area contributed by atoms with Crippen LogP contribution in [0, 0.1) is 11.7 Å². The number of anilines is 1. The van der Waals surface area contributed by atoms with Gasteiger partial charge in [-0.25, -0.2) is 14.0 Å². The maximum atomic E-state index is 13.0. The van der Waals surface area contributed by atoms with Gasteiger partial charge in [-0.05, 0) is 30.5 Å². The topological polar surface area (TPSA) is 67.4 Å². The molecular formula is C14H19FN2O3. The molecule has 1 aromatic rings. The number of carbonyl (C=O) groups excluding carboxylic acids is 2. The van der Waals surface area contributed by atoms with E-state index in [0.29, 0.717) is 12.1 Å². The number of ether oxygens (including phenoxy) is 1. The first-order valence-electron chi connectivity index (χ1n) is 6.33. The molecule has 6 heteroatoms. The fraction of sp³-hybridized carbons (Fsp3) is 0.429. The number of benzene rings is 1. The fourth-order valence-corrected chi connectivity index (χ4v) is 1.72. The number of rotatable bonds is 5. The minimum absolute atomic E-state index is 0.216. The highest BCUT2D eigenvalue weighted by Gasteiger charge is 2.22. The molecule has 1 rings (SSSR count). The number of urea groups is 1. The van der Waals surface area contributed by atoms with E-state index < -0.39 is 23.9 Å². The summed E-state index contributed by atoms with van der Waals surface area (Å²) in [5.41, 5.74) is 0.315. The zero-order valence-corrected chi connectivity index (χ0v) is 11.8. The number of amides is 2. The molecule has 20 heavy (non-hydrogen) atoms. The van der Waals surface area contributed by atoms with Crippen LogP contribution in [0.25, 0.3) is 0 Å². The van der Waals surface area contributed by atoms with Crippen molar-refractivity contribution < 1.29 is 18.7 Å². The summed E-state index contributed by atoms with van der Waals surface area (Å²) in [6.07, 6.45) is 0.462. The normalized spacial score (nSPS) is 11.8. The number of esters is 1. The van der Waals surface area contributed by atoms with Crippen LogP contribution in [0.3, 0.4) is 0 Å².